The highest BCUT2D eigenvalue weighted by Crippen LogP contribution is 2.21. The third-order valence-electron chi connectivity index (χ3n) is 3.52. The summed E-state index contributed by atoms with van der Waals surface area (Å²) < 4.78 is 12.3. The van der Waals surface area contributed by atoms with Crippen LogP contribution < -0.4 is 15.3 Å². The maximum Gasteiger partial charge on any atom is 0.209 e. The van der Waals surface area contributed by atoms with Gasteiger partial charge in [0.25, 0.3) is 0 Å². The Morgan fingerprint density at radius 3 is 2.72 bits per heavy atom. The average Bonchev–Trinajstić information content (AvgIpc) is 3.01. The molecular weight excluding hydrogens is 338 g/mol. The average molecular weight is 357 g/mol. The van der Waals surface area contributed by atoms with E-state index in [1.165, 1.54) is 10.2 Å². The second-order valence-corrected chi connectivity index (χ2v) is 6.25. The lowest BCUT2D eigenvalue weighted by molar-refractivity contribution is 0.289. The predicted octanol–water partition coefficient (Wildman–Crippen LogP) is 2.31. The molecule has 0 aliphatic rings. The van der Waals surface area contributed by atoms with E-state index in [2.05, 4.69) is 15.2 Å². The number of methoxy groups -OCH3 is 1. The van der Waals surface area contributed by atoms with Crippen molar-refractivity contribution in [2.75, 3.05) is 18.7 Å². The molecule has 0 saturated heterocycles. The summed E-state index contributed by atoms with van der Waals surface area (Å²) in [6, 6.07) is 11.4. The van der Waals surface area contributed by atoms with Crippen LogP contribution in [0, 0.1) is 0 Å². The Labute approximate surface area is 150 Å². The van der Waals surface area contributed by atoms with Crippen LogP contribution in [-0.2, 0) is 13.0 Å². The molecule has 0 fully saturated rings. The molecule has 0 unspecified atom stereocenters. The smallest absolute Gasteiger partial charge is 0.209 e. The molecule has 2 N–H and O–H groups in total. The predicted molar refractivity (Wildman–Crippen MR) is 96.2 cm³/mol. The van der Waals surface area contributed by atoms with Gasteiger partial charge in [-0.1, -0.05) is 17.8 Å². The van der Waals surface area contributed by atoms with Crippen molar-refractivity contribution in [2.45, 2.75) is 18.2 Å². The van der Waals surface area contributed by atoms with Crippen molar-refractivity contribution in [1.29, 1.82) is 0 Å². The third kappa shape index (κ3) is 4.63. The van der Waals surface area contributed by atoms with Crippen LogP contribution in [-0.4, -0.2) is 32.7 Å². The Morgan fingerprint density at radius 2 is 1.92 bits per heavy atom. The Kier molecular flexibility index (Phi) is 5.73. The molecule has 0 aliphatic carbocycles. The summed E-state index contributed by atoms with van der Waals surface area (Å²) in [5.74, 6) is 8.90. The minimum absolute atomic E-state index is 0.238. The van der Waals surface area contributed by atoms with Gasteiger partial charge in [0.05, 0.1) is 7.11 Å². The molecule has 0 amide bonds. The maximum absolute atomic E-state index is 6.06. The SMILES string of the molecule is COc1cccc(OCc2nnc(SCCc3ccncc3)n2N)c1. The molecule has 2 aromatic heterocycles. The first kappa shape index (κ1) is 17.1. The van der Waals surface area contributed by atoms with Crippen LogP contribution in [0.2, 0.25) is 0 Å². The van der Waals surface area contributed by atoms with Crippen molar-refractivity contribution in [3.63, 3.8) is 0 Å². The van der Waals surface area contributed by atoms with E-state index in [0.717, 1.165) is 17.9 Å². The molecule has 3 aromatic rings. The lowest BCUT2D eigenvalue weighted by Gasteiger charge is -2.07. The fraction of sp³-hybridized carbons (Fsp3) is 0.235. The van der Waals surface area contributed by atoms with Crippen LogP contribution in [0.5, 0.6) is 11.5 Å². The molecule has 3 rings (SSSR count). The molecule has 0 saturated carbocycles. The Hall–Kier alpha value is -2.74. The van der Waals surface area contributed by atoms with E-state index in [-0.39, 0.29) is 6.61 Å². The Morgan fingerprint density at radius 1 is 1.12 bits per heavy atom. The second kappa shape index (κ2) is 8.39. The van der Waals surface area contributed by atoms with Crippen molar-refractivity contribution in [3.05, 3.63) is 60.2 Å². The van der Waals surface area contributed by atoms with Crippen LogP contribution in [0.3, 0.4) is 0 Å². The van der Waals surface area contributed by atoms with Crippen molar-refractivity contribution >= 4 is 11.8 Å². The highest BCUT2D eigenvalue weighted by molar-refractivity contribution is 7.99. The van der Waals surface area contributed by atoms with Gasteiger partial charge in [-0.25, -0.2) is 4.68 Å². The molecule has 130 valence electrons. The number of rotatable bonds is 8. The lowest BCUT2D eigenvalue weighted by atomic mass is 10.2. The third-order valence-corrected chi connectivity index (χ3v) is 4.46. The quantitative estimate of drug-likeness (QED) is 0.489. The van der Waals surface area contributed by atoms with E-state index in [0.29, 0.717) is 16.7 Å². The van der Waals surface area contributed by atoms with Gasteiger partial charge in [0.15, 0.2) is 5.82 Å². The van der Waals surface area contributed by atoms with Crippen molar-refractivity contribution in [2.24, 2.45) is 0 Å². The molecule has 8 heteroatoms. The Balaban J connectivity index is 1.53. The standard InChI is InChI=1S/C17H19N5O2S/c1-23-14-3-2-4-15(11-14)24-12-16-20-21-17(22(16)18)25-10-7-13-5-8-19-9-6-13/h2-6,8-9,11H,7,10,12,18H2,1H3. The van der Waals surface area contributed by atoms with Crippen molar-refractivity contribution < 1.29 is 9.47 Å². The van der Waals surface area contributed by atoms with E-state index in [4.69, 9.17) is 15.3 Å². The van der Waals surface area contributed by atoms with E-state index in [1.54, 1.807) is 31.3 Å². The zero-order chi connectivity index (χ0) is 17.5. The largest absolute Gasteiger partial charge is 0.497 e. The molecular formula is C17H19N5O2S. The summed E-state index contributed by atoms with van der Waals surface area (Å²) in [5, 5.41) is 8.89. The maximum atomic E-state index is 6.06. The minimum Gasteiger partial charge on any atom is -0.497 e. The molecule has 0 bridgehead atoms. The number of benzene rings is 1. The number of pyridine rings is 1. The zero-order valence-electron chi connectivity index (χ0n) is 13.8. The molecule has 1 aromatic carbocycles. The number of nitrogens with two attached hydrogens (primary N) is 1. The fourth-order valence-electron chi connectivity index (χ4n) is 2.15. The van der Waals surface area contributed by atoms with Gasteiger partial charge >= 0.3 is 0 Å². The van der Waals surface area contributed by atoms with Gasteiger partial charge in [-0.05, 0) is 36.2 Å². The van der Waals surface area contributed by atoms with Crippen LogP contribution in [0.15, 0.2) is 53.9 Å². The topological polar surface area (TPSA) is 88.1 Å². The normalized spacial score (nSPS) is 10.6. The van der Waals surface area contributed by atoms with Crippen LogP contribution in [0.4, 0.5) is 0 Å². The second-order valence-electron chi connectivity index (χ2n) is 5.19. The first-order valence-electron chi connectivity index (χ1n) is 7.74. The van der Waals surface area contributed by atoms with Gasteiger partial charge in [0.2, 0.25) is 5.16 Å². The van der Waals surface area contributed by atoms with Crippen LogP contribution in [0.1, 0.15) is 11.4 Å². The summed E-state index contributed by atoms with van der Waals surface area (Å²) in [7, 11) is 1.62. The summed E-state index contributed by atoms with van der Waals surface area (Å²) in [6.07, 6.45) is 4.49. The molecule has 2 heterocycles. The van der Waals surface area contributed by atoms with Crippen LogP contribution >= 0.6 is 11.8 Å². The summed E-state index contributed by atoms with van der Waals surface area (Å²) in [4.78, 5) is 4.01. The van der Waals surface area contributed by atoms with Crippen LogP contribution in [0.25, 0.3) is 0 Å². The lowest BCUT2D eigenvalue weighted by Crippen LogP contribution is -2.16. The first-order chi connectivity index (χ1) is 12.3. The summed E-state index contributed by atoms with van der Waals surface area (Å²) >= 11 is 1.56. The van der Waals surface area contributed by atoms with E-state index in [9.17, 15) is 0 Å². The number of aromatic nitrogens is 4. The number of nitrogens with zero attached hydrogens (tertiary/aromatic N) is 4. The monoisotopic (exact) mass is 357 g/mol. The number of aryl methyl sites for hydroxylation is 1. The number of hydrogen-bond donors (Lipinski definition) is 1. The first-order valence-corrected chi connectivity index (χ1v) is 8.73. The zero-order valence-corrected chi connectivity index (χ0v) is 14.6. The fourth-order valence-corrected chi connectivity index (χ4v) is 3.02. The van der Waals surface area contributed by atoms with Gasteiger partial charge in [0, 0.05) is 24.2 Å². The van der Waals surface area contributed by atoms with Gasteiger partial charge in [-0.15, -0.1) is 10.2 Å². The number of nitrogen functional groups attached to an aromatic ring is 1. The van der Waals surface area contributed by atoms with Gasteiger partial charge in [-0.2, -0.15) is 0 Å². The van der Waals surface area contributed by atoms with E-state index < -0.39 is 0 Å². The van der Waals surface area contributed by atoms with Crippen molar-refractivity contribution in [3.8, 4) is 11.5 Å². The molecule has 7 nitrogen and oxygen atoms in total. The molecule has 0 radical (unpaired) electrons. The van der Waals surface area contributed by atoms with Gasteiger partial charge < -0.3 is 15.3 Å². The highest BCUT2D eigenvalue weighted by atomic mass is 32.2. The van der Waals surface area contributed by atoms with E-state index in [1.807, 2.05) is 36.4 Å². The highest BCUT2D eigenvalue weighted by Gasteiger charge is 2.11. The minimum atomic E-state index is 0.238. The number of thioether (sulfide) groups is 1. The van der Waals surface area contributed by atoms with E-state index >= 15 is 0 Å². The number of hydrogen-bond acceptors (Lipinski definition) is 7. The molecule has 0 spiro atoms. The Bertz CT molecular complexity index is 810. The molecule has 0 aliphatic heterocycles. The van der Waals surface area contributed by atoms with Gasteiger partial charge in [-0.3, -0.25) is 4.98 Å². The van der Waals surface area contributed by atoms with Crippen molar-refractivity contribution in [1.82, 2.24) is 19.9 Å². The van der Waals surface area contributed by atoms with Gasteiger partial charge in [0.1, 0.15) is 18.1 Å². The molecule has 0 atom stereocenters. The summed E-state index contributed by atoms with van der Waals surface area (Å²) in [6.45, 7) is 0.238. The molecule has 25 heavy (non-hydrogen) atoms. The number of ether oxygens (including phenoxy) is 2. The summed E-state index contributed by atoms with van der Waals surface area (Å²) in [5.41, 5.74) is 1.23.